The van der Waals surface area contributed by atoms with Crippen LogP contribution in [0.4, 0.5) is 23.8 Å². The number of anilines is 1. The summed E-state index contributed by atoms with van der Waals surface area (Å²) in [6.07, 6.45) is -4.60. The zero-order valence-electron chi connectivity index (χ0n) is 15.8. The molecule has 28 heavy (non-hydrogen) atoms. The Bertz CT molecular complexity index is 860. The molecule has 0 radical (unpaired) electrons. The maximum atomic E-state index is 13.0. The number of nitrogens with zero attached hydrogens (tertiary/aromatic N) is 3. The first kappa shape index (κ1) is 20.2. The molecule has 10 heteroatoms. The number of imidazole rings is 1. The maximum Gasteiger partial charge on any atom is 0.434 e. The van der Waals surface area contributed by atoms with Crippen molar-refractivity contribution < 1.29 is 27.8 Å². The minimum Gasteiger partial charge on any atom is -0.444 e. The number of rotatable bonds is 2. The van der Waals surface area contributed by atoms with E-state index < -0.39 is 29.7 Å². The van der Waals surface area contributed by atoms with E-state index in [4.69, 9.17) is 4.74 Å². The van der Waals surface area contributed by atoms with Crippen LogP contribution in [0.5, 0.6) is 0 Å². The predicted octanol–water partition coefficient (Wildman–Crippen LogP) is 3.14. The van der Waals surface area contributed by atoms with Crippen LogP contribution in [0.25, 0.3) is 5.65 Å². The Balaban J connectivity index is 1.79. The van der Waals surface area contributed by atoms with Crippen LogP contribution in [0.15, 0.2) is 24.4 Å². The molecule has 3 rings (SSSR count). The topological polar surface area (TPSA) is 79.1 Å². The number of pyridine rings is 1. The summed E-state index contributed by atoms with van der Waals surface area (Å²) in [6.45, 7) is 5.64. The van der Waals surface area contributed by atoms with Crippen LogP contribution in [0, 0.1) is 0 Å². The lowest BCUT2D eigenvalue weighted by Crippen LogP contribution is -2.52. The highest BCUT2D eigenvalue weighted by molar-refractivity contribution is 5.68. The number of hydrogen-bond acceptors (Lipinski definition) is 5. The number of aliphatic hydroxyl groups excluding tert-OH is 1. The molecule has 0 bridgehead atoms. The molecule has 0 unspecified atom stereocenters. The number of likely N-dealkylation sites (tertiary alicyclic amines) is 1. The largest absolute Gasteiger partial charge is 0.444 e. The molecular weight excluding hydrogens is 377 g/mol. The summed E-state index contributed by atoms with van der Waals surface area (Å²) in [6, 6.07) is 4.32. The minimum atomic E-state index is -4.54. The molecule has 0 spiro atoms. The van der Waals surface area contributed by atoms with Crippen LogP contribution in [0.2, 0.25) is 0 Å². The molecule has 1 saturated heterocycles. The van der Waals surface area contributed by atoms with E-state index in [2.05, 4.69) is 10.3 Å². The Kier molecular flexibility index (Phi) is 5.18. The number of ether oxygens (including phenoxy) is 1. The first-order valence-corrected chi connectivity index (χ1v) is 8.90. The molecule has 2 atom stereocenters. The van der Waals surface area contributed by atoms with E-state index in [9.17, 15) is 23.1 Å². The molecule has 2 aromatic heterocycles. The van der Waals surface area contributed by atoms with E-state index in [0.29, 0.717) is 12.2 Å². The number of fused-ring (bicyclic) bond motifs is 1. The second-order valence-corrected chi connectivity index (χ2v) is 7.88. The summed E-state index contributed by atoms with van der Waals surface area (Å²) in [7, 11) is 0. The number of aliphatic hydroxyl groups is 1. The minimum absolute atomic E-state index is 0.139. The van der Waals surface area contributed by atoms with Crippen LogP contribution in [-0.2, 0) is 10.9 Å². The SMILES string of the molecule is CC(C)(C)OC(=O)N1C[C@H](O)C[C@@H](Nc2cccc3nc(C(F)(F)F)cn23)C1. The fourth-order valence-electron chi connectivity index (χ4n) is 3.13. The number of amides is 1. The number of carbonyl (C=O) groups is 1. The molecule has 1 aliphatic heterocycles. The zero-order valence-corrected chi connectivity index (χ0v) is 15.8. The fraction of sp³-hybridized carbons (Fsp3) is 0.556. The van der Waals surface area contributed by atoms with Crippen molar-refractivity contribution in [1.82, 2.24) is 14.3 Å². The third kappa shape index (κ3) is 4.67. The average molecular weight is 400 g/mol. The van der Waals surface area contributed by atoms with Crippen LogP contribution in [0.3, 0.4) is 0 Å². The molecule has 1 fully saturated rings. The number of hydrogen-bond donors (Lipinski definition) is 2. The quantitative estimate of drug-likeness (QED) is 0.810. The molecule has 0 aliphatic carbocycles. The molecule has 3 heterocycles. The Morgan fingerprint density at radius 1 is 1.29 bits per heavy atom. The van der Waals surface area contributed by atoms with E-state index >= 15 is 0 Å². The van der Waals surface area contributed by atoms with Crippen molar-refractivity contribution in [2.75, 3.05) is 18.4 Å². The third-order valence-electron chi connectivity index (χ3n) is 4.21. The van der Waals surface area contributed by atoms with Gasteiger partial charge in [-0.25, -0.2) is 9.78 Å². The van der Waals surface area contributed by atoms with Crippen LogP contribution in [0.1, 0.15) is 32.9 Å². The molecular formula is C18H23F3N4O3. The van der Waals surface area contributed by atoms with Crippen LogP contribution < -0.4 is 5.32 Å². The van der Waals surface area contributed by atoms with E-state index in [1.165, 1.54) is 15.4 Å². The number of nitrogens with one attached hydrogen (secondary N) is 1. The normalized spacial score (nSPS) is 21.0. The summed E-state index contributed by atoms with van der Waals surface area (Å²) in [5, 5.41) is 13.3. The summed E-state index contributed by atoms with van der Waals surface area (Å²) in [5.74, 6) is 0.392. The second kappa shape index (κ2) is 7.16. The summed E-state index contributed by atoms with van der Waals surface area (Å²) >= 11 is 0. The molecule has 1 amide bonds. The van der Waals surface area contributed by atoms with Crippen molar-refractivity contribution in [3.8, 4) is 0 Å². The third-order valence-corrected chi connectivity index (χ3v) is 4.21. The average Bonchev–Trinajstić information content (AvgIpc) is 2.98. The highest BCUT2D eigenvalue weighted by Gasteiger charge is 2.35. The fourth-order valence-corrected chi connectivity index (χ4v) is 3.13. The molecule has 7 nitrogen and oxygen atoms in total. The number of piperidine rings is 1. The van der Waals surface area contributed by atoms with Gasteiger partial charge in [-0.05, 0) is 39.3 Å². The molecule has 2 N–H and O–H groups in total. The molecule has 0 aromatic carbocycles. The van der Waals surface area contributed by atoms with Gasteiger partial charge in [-0.1, -0.05) is 6.07 Å². The van der Waals surface area contributed by atoms with Crippen LogP contribution >= 0.6 is 0 Å². The van der Waals surface area contributed by atoms with E-state index in [1.54, 1.807) is 32.9 Å². The number of carbonyl (C=O) groups excluding carboxylic acids is 1. The van der Waals surface area contributed by atoms with Gasteiger partial charge in [0, 0.05) is 18.8 Å². The maximum absolute atomic E-state index is 13.0. The first-order chi connectivity index (χ1) is 12.9. The lowest BCUT2D eigenvalue weighted by Gasteiger charge is -2.37. The van der Waals surface area contributed by atoms with Crippen LogP contribution in [-0.4, -0.2) is 56.3 Å². The Hall–Kier alpha value is -2.49. The summed E-state index contributed by atoms with van der Waals surface area (Å²) in [4.78, 5) is 17.3. The molecule has 1 aliphatic rings. The Morgan fingerprint density at radius 3 is 2.64 bits per heavy atom. The van der Waals surface area contributed by atoms with Gasteiger partial charge in [0.2, 0.25) is 0 Å². The Labute approximate surface area is 160 Å². The molecule has 154 valence electrons. The van der Waals surface area contributed by atoms with Crippen molar-refractivity contribution in [2.24, 2.45) is 0 Å². The highest BCUT2D eigenvalue weighted by atomic mass is 19.4. The van der Waals surface area contributed by atoms with Gasteiger partial charge in [0.15, 0.2) is 5.69 Å². The first-order valence-electron chi connectivity index (χ1n) is 8.90. The smallest absolute Gasteiger partial charge is 0.434 e. The lowest BCUT2D eigenvalue weighted by atomic mass is 10.0. The van der Waals surface area contributed by atoms with Crippen molar-refractivity contribution >= 4 is 17.6 Å². The number of β-amino-alcohol motifs (C(OH)–C–C–N with tert-alkyl or cyclic N) is 1. The van der Waals surface area contributed by atoms with Gasteiger partial charge in [-0.2, -0.15) is 13.2 Å². The second-order valence-electron chi connectivity index (χ2n) is 7.88. The predicted molar refractivity (Wildman–Crippen MR) is 96.0 cm³/mol. The number of alkyl halides is 3. The van der Waals surface area contributed by atoms with Gasteiger partial charge in [-0.15, -0.1) is 0 Å². The van der Waals surface area contributed by atoms with E-state index in [0.717, 1.165) is 6.20 Å². The summed E-state index contributed by atoms with van der Waals surface area (Å²) < 4.78 is 45.5. The van der Waals surface area contributed by atoms with Crippen molar-refractivity contribution in [2.45, 2.75) is 51.1 Å². The monoisotopic (exact) mass is 400 g/mol. The van der Waals surface area contributed by atoms with E-state index in [-0.39, 0.29) is 24.8 Å². The molecule has 2 aromatic rings. The summed E-state index contributed by atoms with van der Waals surface area (Å²) in [5.41, 5.74) is -1.50. The Morgan fingerprint density at radius 2 is 2.00 bits per heavy atom. The standard InChI is InChI=1S/C18H23F3N4O3/c1-17(2,3)28-16(27)24-8-11(7-12(26)9-24)22-14-5-4-6-15-23-13(10-25(14)15)18(19,20)21/h4-6,10-12,22,26H,7-9H2,1-3H3/t11-,12-/m1/s1. The van der Waals surface area contributed by atoms with E-state index in [1.807, 2.05) is 0 Å². The van der Waals surface area contributed by atoms with Gasteiger partial charge in [0.25, 0.3) is 0 Å². The van der Waals surface area contributed by atoms with Gasteiger partial charge in [0.1, 0.15) is 17.1 Å². The van der Waals surface area contributed by atoms with Crippen molar-refractivity contribution in [3.63, 3.8) is 0 Å². The number of aromatic nitrogens is 2. The highest BCUT2D eigenvalue weighted by Crippen LogP contribution is 2.29. The van der Waals surface area contributed by atoms with Gasteiger partial charge in [0.05, 0.1) is 12.6 Å². The van der Waals surface area contributed by atoms with Crippen molar-refractivity contribution in [1.29, 1.82) is 0 Å². The van der Waals surface area contributed by atoms with Crippen molar-refractivity contribution in [3.05, 3.63) is 30.1 Å². The van der Waals surface area contributed by atoms with Gasteiger partial charge < -0.3 is 20.1 Å². The van der Waals surface area contributed by atoms with Gasteiger partial charge in [-0.3, -0.25) is 4.40 Å². The lowest BCUT2D eigenvalue weighted by molar-refractivity contribution is -0.140. The zero-order chi connectivity index (χ0) is 20.7. The van der Waals surface area contributed by atoms with Gasteiger partial charge >= 0.3 is 12.3 Å². The molecule has 0 saturated carbocycles. The number of halogens is 3.